The maximum absolute atomic E-state index is 13.0. The zero-order valence-electron chi connectivity index (χ0n) is 17.7. The van der Waals surface area contributed by atoms with Crippen molar-refractivity contribution in [1.82, 2.24) is 14.7 Å². The predicted molar refractivity (Wildman–Crippen MR) is 117 cm³/mol. The Hall–Kier alpha value is -3.23. The van der Waals surface area contributed by atoms with Gasteiger partial charge in [-0.15, -0.1) is 0 Å². The number of hydrogen-bond donors (Lipinski definition) is 0. The van der Waals surface area contributed by atoms with Gasteiger partial charge in [0.05, 0.1) is 18.2 Å². The number of rotatable bonds is 4. The average Bonchev–Trinajstić information content (AvgIpc) is 3.03. The Morgan fingerprint density at radius 3 is 2.28 bits per heavy atom. The number of ether oxygens (including phenoxy) is 1. The Morgan fingerprint density at radius 2 is 1.62 bits per heavy atom. The molecule has 2 aliphatic heterocycles. The molecule has 166 valence electrons. The van der Waals surface area contributed by atoms with Gasteiger partial charge in [-0.1, -0.05) is 29.8 Å². The summed E-state index contributed by atoms with van der Waals surface area (Å²) in [6.45, 7) is 1.67. The summed E-state index contributed by atoms with van der Waals surface area (Å²) in [6.07, 6.45) is 0. The fraction of sp³-hybridized carbons (Fsp3) is 0.304. The maximum atomic E-state index is 13.0. The highest BCUT2D eigenvalue weighted by Gasteiger charge is 2.36. The molecule has 9 heteroatoms. The number of nitrogens with zero attached hydrogens (tertiary/aromatic N) is 3. The Morgan fingerprint density at radius 1 is 0.969 bits per heavy atom. The van der Waals surface area contributed by atoms with E-state index in [0.717, 1.165) is 4.90 Å². The summed E-state index contributed by atoms with van der Waals surface area (Å²) in [7, 11) is 2.76. The second-order valence-electron chi connectivity index (χ2n) is 7.71. The van der Waals surface area contributed by atoms with Crippen LogP contribution in [0.1, 0.15) is 42.7 Å². The van der Waals surface area contributed by atoms with Crippen LogP contribution in [0.25, 0.3) is 0 Å². The van der Waals surface area contributed by atoms with Crippen LogP contribution in [0.2, 0.25) is 5.02 Å². The molecule has 0 saturated carbocycles. The van der Waals surface area contributed by atoms with Crippen molar-refractivity contribution in [3.63, 3.8) is 0 Å². The van der Waals surface area contributed by atoms with E-state index < -0.39 is 17.9 Å². The van der Waals surface area contributed by atoms with Crippen molar-refractivity contribution in [1.29, 1.82) is 0 Å². The molecule has 1 atom stereocenters. The highest BCUT2D eigenvalue weighted by atomic mass is 35.5. The van der Waals surface area contributed by atoms with Gasteiger partial charge in [-0.25, -0.2) is 4.79 Å². The second-order valence-corrected chi connectivity index (χ2v) is 8.11. The predicted octanol–water partition coefficient (Wildman–Crippen LogP) is 2.24. The SMILES string of the molecule is COC(=O)[C@@H](c1ccccc1Cl)N1CCN(C(=O)c2ccc3c(c2)C(=O)N(C)C3=O)CC1. The second kappa shape index (κ2) is 8.72. The van der Waals surface area contributed by atoms with Crippen molar-refractivity contribution >= 4 is 35.3 Å². The fourth-order valence-corrected chi connectivity index (χ4v) is 4.38. The first-order valence-electron chi connectivity index (χ1n) is 10.2. The molecule has 2 heterocycles. The standard InChI is InChI=1S/C23H22ClN3O5/c1-25-21(29)15-8-7-14(13-17(15)22(25)30)20(28)27-11-9-26(10-12-27)19(23(31)32-2)16-5-3-4-6-18(16)24/h3-8,13,19H,9-12H2,1-2H3/t19-/m1/s1. The molecular weight excluding hydrogens is 434 g/mol. The van der Waals surface area contributed by atoms with Crippen molar-refractivity contribution in [2.45, 2.75) is 6.04 Å². The average molecular weight is 456 g/mol. The third-order valence-electron chi connectivity index (χ3n) is 5.93. The third-order valence-corrected chi connectivity index (χ3v) is 6.27. The lowest BCUT2D eigenvalue weighted by Crippen LogP contribution is -2.51. The first kappa shape index (κ1) is 22.0. The largest absolute Gasteiger partial charge is 0.468 e. The molecule has 4 rings (SSSR count). The smallest absolute Gasteiger partial charge is 0.327 e. The lowest BCUT2D eigenvalue weighted by Gasteiger charge is -2.38. The van der Waals surface area contributed by atoms with E-state index in [4.69, 9.17) is 16.3 Å². The number of halogens is 1. The summed E-state index contributed by atoms with van der Waals surface area (Å²) < 4.78 is 5.01. The van der Waals surface area contributed by atoms with Gasteiger partial charge < -0.3 is 9.64 Å². The van der Waals surface area contributed by atoms with Crippen molar-refractivity contribution in [3.05, 3.63) is 69.7 Å². The van der Waals surface area contributed by atoms with Gasteiger partial charge in [0, 0.05) is 43.8 Å². The van der Waals surface area contributed by atoms with E-state index in [1.165, 1.54) is 26.3 Å². The van der Waals surface area contributed by atoms with Crippen LogP contribution in [0.4, 0.5) is 0 Å². The summed E-state index contributed by atoms with van der Waals surface area (Å²) in [4.78, 5) is 54.5. The maximum Gasteiger partial charge on any atom is 0.327 e. The molecule has 1 fully saturated rings. The number of esters is 1. The van der Waals surface area contributed by atoms with Crippen LogP contribution in [-0.2, 0) is 9.53 Å². The van der Waals surface area contributed by atoms with E-state index in [0.29, 0.717) is 47.9 Å². The van der Waals surface area contributed by atoms with E-state index in [9.17, 15) is 19.2 Å². The molecule has 32 heavy (non-hydrogen) atoms. The molecule has 3 amide bonds. The first-order valence-corrected chi connectivity index (χ1v) is 10.5. The normalized spacial score (nSPS) is 17.3. The number of benzene rings is 2. The monoisotopic (exact) mass is 455 g/mol. The molecule has 8 nitrogen and oxygen atoms in total. The first-order chi connectivity index (χ1) is 15.3. The van der Waals surface area contributed by atoms with Crippen LogP contribution in [0.15, 0.2) is 42.5 Å². The molecule has 2 aliphatic rings. The Bertz CT molecular complexity index is 1110. The van der Waals surface area contributed by atoms with Gasteiger partial charge in [0.1, 0.15) is 6.04 Å². The van der Waals surface area contributed by atoms with Crippen molar-refractivity contribution in [3.8, 4) is 0 Å². The molecule has 0 aromatic heterocycles. The quantitative estimate of drug-likeness (QED) is 0.519. The molecule has 2 aromatic rings. The van der Waals surface area contributed by atoms with Crippen LogP contribution < -0.4 is 0 Å². The van der Waals surface area contributed by atoms with E-state index >= 15 is 0 Å². The number of fused-ring (bicyclic) bond motifs is 1. The van der Waals surface area contributed by atoms with Gasteiger partial charge in [-0.3, -0.25) is 24.2 Å². The van der Waals surface area contributed by atoms with Crippen LogP contribution in [0, 0.1) is 0 Å². The molecule has 0 radical (unpaired) electrons. The Kier molecular flexibility index (Phi) is 5.99. The molecule has 2 aromatic carbocycles. The minimum Gasteiger partial charge on any atom is -0.468 e. The Labute approximate surface area is 190 Å². The number of carbonyl (C=O) groups excluding carboxylic acids is 4. The van der Waals surface area contributed by atoms with Gasteiger partial charge in [0.25, 0.3) is 17.7 Å². The van der Waals surface area contributed by atoms with E-state index in [2.05, 4.69) is 0 Å². The van der Waals surface area contributed by atoms with Crippen LogP contribution in [0.5, 0.6) is 0 Å². The molecule has 0 aliphatic carbocycles. The summed E-state index contributed by atoms with van der Waals surface area (Å²) in [5, 5.41) is 0.476. The highest BCUT2D eigenvalue weighted by Crippen LogP contribution is 2.30. The van der Waals surface area contributed by atoms with Crippen LogP contribution in [-0.4, -0.2) is 78.7 Å². The Balaban J connectivity index is 1.49. The third kappa shape index (κ3) is 3.76. The van der Waals surface area contributed by atoms with Gasteiger partial charge in [-0.05, 0) is 29.8 Å². The summed E-state index contributed by atoms with van der Waals surface area (Å²) in [6, 6.07) is 11.0. The zero-order chi connectivity index (χ0) is 23.0. The van der Waals surface area contributed by atoms with Gasteiger partial charge in [0.2, 0.25) is 0 Å². The molecule has 0 N–H and O–H groups in total. The molecule has 0 spiro atoms. The van der Waals surface area contributed by atoms with E-state index in [1.807, 2.05) is 11.0 Å². The van der Waals surface area contributed by atoms with Crippen LogP contribution >= 0.6 is 11.6 Å². The van der Waals surface area contributed by atoms with E-state index in [1.54, 1.807) is 29.2 Å². The zero-order valence-corrected chi connectivity index (χ0v) is 18.5. The number of amides is 3. The summed E-state index contributed by atoms with van der Waals surface area (Å²) >= 11 is 6.32. The van der Waals surface area contributed by atoms with Crippen molar-refractivity contribution < 1.29 is 23.9 Å². The number of methoxy groups -OCH3 is 1. The lowest BCUT2D eigenvalue weighted by molar-refractivity contribution is -0.148. The molecular formula is C23H22ClN3O5. The van der Waals surface area contributed by atoms with Crippen molar-refractivity contribution in [2.75, 3.05) is 40.3 Å². The van der Waals surface area contributed by atoms with Crippen molar-refractivity contribution in [2.24, 2.45) is 0 Å². The highest BCUT2D eigenvalue weighted by molar-refractivity contribution is 6.31. The molecule has 0 bridgehead atoms. The van der Waals surface area contributed by atoms with Crippen LogP contribution in [0.3, 0.4) is 0 Å². The number of hydrogen-bond acceptors (Lipinski definition) is 6. The summed E-state index contributed by atoms with van der Waals surface area (Å²) in [5.74, 6) is -1.42. The van der Waals surface area contributed by atoms with Gasteiger partial charge in [0.15, 0.2) is 0 Å². The fourth-order valence-electron chi connectivity index (χ4n) is 4.14. The molecule has 1 saturated heterocycles. The number of carbonyl (C=O) groups is 4. The minimum atomic E-state index is -0.662. The van der Waals surface area contributed by atoms with Gasteiger partial charge >= 0.3 is 5.97 Å². The lowest BCUT2D eigenvalue weighted by atomic mass is 10.0. The topological polar surface area (TPSA) is 87.2 Å². The summed E-state index contributed by atoms with van der Waals surface area (Å²) in [5.41, 5.74) is 1.56. The van der Waals surface area contributed by atoms with Gasteiger partial charge in [-0.2, -0.15) is 0 Å². The number of piperazine rings is 1. The minimum absolute atomic E-state index is 0.227. The van der Waals surface area contributed by atoms with E-state index in [-0.39, 0.29) is 17.4 Å². The molecule has 0 unspecified atom stereocenters. The number of imide groups is 1.